The average Bonchev–Trinajstić information content (AvgIpc) is 2.44. The summed E-state index contributed by atoms with van der Waals surface area (Å²) in [5.74, 6) is 0. The normalized spacial score (nSPS) is 19.1. The van der Waals surface area contributed by atoms with Crippen LogP contribution in [0.2, 0.25) is 0 Å². The van der Waals surface area contributed by atoms with Gasteiger partial charge in [0.15, 0.2) is 0 Å². The minimum Gasteiger partial charge on any atom is -0.265 e. The highest BCUT2D eigenvalue weighted by molar-refractivity contribution is 5.07. The van der Waals surface area contributed by atoms with E-state index in [0.717, 1.165) is 12.8 Å². The quantitative estimate of drug-likeness (QED) is 0.689. The molecule has 0 N–H and O–H groups in total. The Bertz CT molecular complexity index is 341. The minimum absolute atomic E-state index is 0.0308. The molecule has 1 aliphatic carbocycles. The van der Waals surface area contributed by atoms with Gasteiger partial charge in [0.25, 0.3) is 0 Å². The predicted octanol–water partition coefficient (Wildman–Crippen LogP) is 1.98. The standard InChI is InChI=1S/C10H13N3/c1-9-7-12-13(8-9)10(5-6-11)3-2-4-10/h7-8H,2-5H2,1H3. The molecular weight excluding hydrogens is 162 g/mol. The fourth-order valence-corrected chi connectivity index (χ4v) is 1.89. The van der Waals surface area contributed by atoms with Crippen LogP contribution in [-0.2, 0) is 5.54 Å². The molecule has 1 saturated carbocycles. The zero-order valence-electron chi connectivity index (χ0n) is 7.82. The van der Waals surface area contributed by atoms with Gasteiger partial charge in [0.1, 0.15) is 0 Å². The highest BCUT2D eigenvalue weighted by Crippen LogP contribution is 2.41. The van der Waals surface area contributed by atoms with Crippen molar-refractivity contribution in [2.24, 2.45) is 0 Å². The summed E-state index contributed by atoms with van der Waals surface area (Å²) in [4.78, 5) is 0. The van der Waals surface area contributed by atoms with E-state index in [0.29, 0.717) is 6.42 Å². The van der Waals surface area contributed by atoms with Gasteiger partial charge in [-0.05, 0) is 31.7 Å². The summed E-state index contributed by atoms with van der Waals surface area (Å²) < 4.78 is 1.98. The first-order valence-electron chi connectivity index (χ1n) is 4.66. The molecule has 3 heteroatoms. The topological polar surface area (TPSA) is 41.6 Å². The van der Waals surface area contributed by atoms with Crippen LogP contribution in [0.25, 0.3) is 0 Å². The van der Waals surface area contributed by atoms with E-state index >= 15 is 0 Å². The molecule has 1 aromatic rings. The van der Waals surface area contributed by atoms with Gasteiger partial charge in [-0.15, -0.1) is 0 Å². The van der Waals surface area contributed by atoms with Gasteiger partial charge in [0.2, 0.25) is 0 Å². The lowest BCUT2D eigenvalue weighted by Crippen LogP contribution is -2.40. The summed E-state index contributed by atoms with van der Waals surface area (Å²) in [6.07, 6.45) is 7.91. The van der Waals surface area contributed by atoms with Crippen molar-refractivity contribution in [1.29, 1.82) is 5.26 Å². The van der Waals surface area contributed by atoms with Gasteiger partial charge in [-0.1, -0.05) is 0 Å². The molecule has 0 aromatic carbocycles. The molecule has 0 aliphatic heterocycles. The SMILES string of the molecule is Cc1cnn(C2(CC#N)CCC2)c1. The van der Waals surface area contributed by atoms with Gasteiger partial charge in [-0.3, -0.25) is 4.68 Å². The summed E-state index contributed by atoms with van der Waals surface area (Å²) in [5.41, 5.74) is 1.20. The summed E-state index contributed by atoms with van der Waals surface area (Å²) in [5, 5.41) is 13.0. The molecule has 3 nitrogen and oxygen atoms in total. The smallest absolute Gasteiger partial charge is 0.0757 e. The zero-order chi connectivity index (χ0) is 9.31. The van der Waals surface area contributed by atoms with Crippen LogP contribution in [0, 0.1) is 18.3 Å². The van der Waals surface area contributed by atoms with Crippen molar-refractivity contribution in [3.8, 4) is 6.07 Å². The number of hydrogen-bond donors (Lipinski definition) is 0. The van der Waals surface area contributed by atoms with Crippen LogP contribution in [0.4, 0.5) is 0 Å². The van der Waals surface area contributed by atoms with E-state index in [1.54, 1.807) is 0 Å². The molecule has 1 aromatic heterocycles. The van der Waals surface area contributed by atoms with E-state index < -0.39 is 0 Å². The first-order chi connectivity index (χ1) is 6.27. The highest BCUT2D eigenvalue weighted by atomic mass is 15.3. The van der Waals surface area contributed by atoms with Crippen molar-refractivity contribution in [2.75, 3.05) is 0 Å². The molecule has 0 spiro atoms. The van der Waals surface area contributed by atoms with Crippen molar-refractivity contribution >= 4 is 0 Å². The largest absolute Gasteiger partial charge is 0.265 e. The fourth-order valence-electron chi connectivity index (χ4n) is 1.89. The van der Waals surface area contributed by atoms with E-state index in [4.69, 9.17) is 5.26 Å². The number of rotatable bonds is 2. The van der Waals surface area contributed by atoms with Gasteiger partial charge >= 0.3 is 0 Å². The zero-order valence-corrected chi connectivity index (χ0v) is 7.82. The van der Waals surface area contributed by atoms with E-state index in [2.05, 4.69) is 11.2 Å². The molecule has 0 amide bonds. The first-order valence-corrected chi connectivity index (χ1v) is 4.66. The van der Waals surface area contributed by atoms with E-state index in [-0.39, 0.29) is 5.54 Å². The Morgan fingerprint density at radius 3 is 2.85 bits per heavy atom. The summed E-state index contributed by atoms with van der Waals surface area (Å²) >= 11 is 0. The van der Waals surface area contributed by atoms with Crippen LogP contribution in [0.5, 0.6) is 0 Å². The molecule has 0 atom stereocenters. The molecule has 1 heterocycles. The summed E-state index contributed by atoms with van der Waals surface area (Å²) in [6, 6.07) is 2.26. The van der Waals surface area contributed by atoms with Gasteiger partial charge in [0.05, 0.1) is 24.2 Å². The molecule has 0 unspecified atom stereocenters. The van der Waals surface area contributed by atoms with Crippen LogP contribution in [-0.4, -0.2) is 9.78 Å². The Morgan fingerprint density at radius 2 is 2.46 bits per heavy atom. The van der Waals surface area contributed by atoms with Crippen LogP contribution in [0.15, 0.2) is 12.4 Å². The predicted molar refractivity (Wildman–Crippen MR) is 49.0 cm³/mol. The monoisotopic (exact) mass is 175 g/mol. The Kier molecular flexibility index (Phi) is 1.84. The minimum atomic E-state index is 0.0308. The molecule has 68 valence electrons. The molecule has 1 aliphatic rings. The van der Waals surface area contributed by atoms with Crippen molar-refractivity contribution in [3.63, 3.8) is 0 Å². The Labute approximate surface area is 78.0 Å². The lowest BCUT2D eigenvalue weighted by molar-refractivity contribution is 0.130. The van der Waals surface area contributed by atoms with E-state index in [1.165, 1.54) is 12.0 Å². The third-order valence-electron chi connectivity index (χ3n) is 2.89. The number of hydrogen-bond acceptors (Lipinski definition) is 2. The molecular formula is C10H13N3. The Balaban J connectivity index is 2.27. The van der Waals surface area contributed by atoms with Gasteiger partial charge < -0.3 is 0 Å². The molecule has 2 rings (SSSR count). The lowest BCUT2D eigenvalue weighted by atomic mass is 9.75. The molecule has 0 bridgehead atoms. The maximum atomic E-state index is 8.74. The fraction of sp³-hybridized carbons (Fsp3) is 0.600. The average molecular weight is 175 g/mol. The Morgan fingerprint density at radius 1 is 1.69 bits per heavy atom. The number of aromatic nitrogens is 2. The maximum Gasteiger partial charge on any atom is 0.0757 e. The van der Waals surface area contributed by atoms with Crippen LogP contribution < -0.4 is 0 Å². The number of nitrogens with zero attached hydrogens (tertiary/aromatic N) is 3. The van der Waals surface area contributed by atoms with Crippen molar-refractivity contribution in [3.05, 3.63) is 18.0 Å². The van der Waals surface area contributed by atoms with Crippen molar-refractivity contribution in [2.45, 2.75) is 38.1 Å². The molecule has 0 saturated heterocycles. The highest BCUT2D eigenvalue weighted by Gasteiger charge is 2.39. The van der Waals surface area contributed by atoms with Crippen molar-refractivity contribution < 1.29 is 0 Å². The first kappa shape index (κ1) is 8.31. The van der Waals surface area contributed by atoms with E-state index in [1.807, 2.05) is 24.0 Å². The summed E-state index contributed by atoms with van der Waals surface area (Å²) in [7, 11) is 0. The van der Waals surface area contributed by atoms with Crippen molar-refractivity contribution in [1.82, 2.24) is 9.78 Å². The molecule has 0 radical (unpaired) electrons. The molecule has 1 fully saturated rings. The maximum absolute atomic E-state index is 8.74. The number of nitriles is 1. The second-order valence-electron chi connectivity index (χ2n) is 3.88. The second kappa shape index (κ2) is 2.88. The Hall–Kier alpha value is -1.30. The lowest BCUT2D eigenvalue weighted by Gasteiger charge is -2.40. The number of aryl methyl sites for hydroxylation is 1. The third kappa shape index (κ3) is 1.23. The van der Waals surface area contributed by atoms with E-state index in [9.17, 15) is 0 Å². The van der Waals surface area contributed by atoms with Crippen LogP contribution in [0.3, 0.4) is 0 Å². The van der Waals surface area contributed by atoms with Gasteiger partial charge in [-0.2, -0.15) is 10.4 Å². The summed E-state index contributed by atoms with van der Waals surface area (Å²) in [6.45, 7) is 2.03. The third-order valence-corrected chi connectivity index (χ3v) is 2.89. The van der Waals surface area contributed by atoms with Crippen LogP contribution in [0.1, 0.15) is 31.2 Å². The second-order valence-corrected chi connectivity index (χ2v) is 3.88. The van der Waals surface area contributed by atoms with Gasteiger partial charge in [-0.25, -0.2) is 0 Å². The van der Waals surface area contributed by atoms with Crippen LogP contribution >= 0.6 is 0 Å². The van der Waals surface area contributed by atoms with Gasteiger partial charge in [0, 0.05) is 6.20 Å². The molecule has 13 heavy (non-hydrogen) atoms.